The van der Waals surface area contributed by atoms with E-state index in [1.54, 1.807) is 0 Å². The minimum Gasteiger partial charge on any atom is -0.488 e. The zero-order valence-corrected chi connectivity index (χ0v) is 16.2. The molecule has 1 heterocycles. The molecule has 0 amide bonds. The number of rotatable bonds is 10. The molecule has 0 aliphatic carbocycles. The highest BCUT2D eigenvalue weighted by Crippen LogP contribution is 2.27. The molecule has 2 aromatic rings. The molecular formula is C19H23N3O5S. The third-order valence-corrected chi connectivity index (χ3v) is 5.96. The van der Waals surface area contributed by atoms with Crippen molar-refractivity contribution in [1.82, 2.24) is 10.0 Å². The van der Waals surface area contributed by atoms with Crippen LogP contribution in [0.4, 0.5) is 5.69 Å². The van der Waals surface area contributed by atoms with E-state index in [4.69, 9.17) is 4.74 Å². The molecule has 8 nitrogen and oxygen atoms in total. The lowest BCUT2D eigenvalue weighted by atomic mass is 10.1. The first-order valence-corrected chi connectivity index (χ1v) is 10.6. The molecular weight excluding hydrogens is 382 g/mol. The molecule has 0 aromatic heterocycles. The average Bonchev–Trinajstić information content (AvgIpc) is 3.10. The molecule has 0 saturated carbocycles. The maximum absolute atomic E-state index is 12.2. The van der Waals surface area contributed by atoms with Crippen LogP contribution in [-0.4, -0.2) is 39.1 Å². The highest BCUT2D eigenvalue weighted by Gasteiger charge is 2.21. The van der Waals surface area contributed by atoms with Gasteiger partial charge < -0.3 is 10.1 Å². The molecule has 1 aliphatic rings. The summed E-state index contributed by atoms with van der Waals surface area (Å²) in [6, 6.07) is 13.0. The van der Waals surface area contributed by atoms with Gasteiger partial charge in [-0.2, -0.15) is 0 Å². The Morgan fingerprint density at radius 1 is 1.11 bits per heavy atom. The van der Waals surface area contributed by atoms with Crippen molar-refractivity contribution in [3.8, 4) is 5.75 Å². The van der Waals surface area contributed by atoms with Crippen LogP contribution < -0.4 is 14.8 Å². The Labute approximate surface area is 164 Å². The normalized spacial score (nSPS) is 15.8. The second-order valence-corrected chi connectivity index (χ2v) is 8.38. The third kappa shape index (κ3) is 5.28. The summed E-state index contributed by atoms with van der Waals surface area (Å²) in [5, 5.41) is 14.1. The van der Waals surface area contributed by atoms with Crippen LogP contribution in [0.1, 0.15) is 18.4 Å². The van der Waals surface area contributed by atoms with Gasteiger partial charge in [-0.1, -0.05) is 24.3 Å². The van der Waals surface area contributed by atoms with E-state index in [9.17, 15) is 18.5 Å². The van der Waals surface area contributed by atoms with Gasteiger partial charge in [0.05, 0.1) is 9.82 Å². The number of fused-ring (bicyclic) bond motifs is 1. The van der Waals surface area contributed by atoms with Gasteiger partial charge in [-0.05, 0) is 37.1 Å². The van der Waals surface area contributed by atoms with Crippen LogP contribution in [0, 0.1) is 10.1 Å². The van der Waals surface area contributed by atoms with Crippen molar-refractivity contribution in [1.29, 1.82) is 0 Å². The monoisotopic (exact) mass is 405 g/mol. The number of hydrogen-bond acceptors (Lipinski definition) is 6. The fraction of sp³-hybridized carbons (Fsp3) is 0.368. The summed E-state index contributed by atoms with van der Waals surface area (Å²) < 4.78 is 32.8. The van der Waals surface area contributed by atoms with E-state index in [1.165, 1.54) is 23.8 Å². The lowest BCUT2D eigenvalue weighted by Gasteiger charge is -2.12. The van der Waals surface area contributed by atoms with Crippen molar-refractivity contribution in [2.24, 2.45) is 0 Å². The van der Waals surface area contributed by atoms with Crippen molar-refractivity contribution >= 4 is 15.7 Å². The summed E-state index contributed by atoms with van der Waals surface area (Å²) in [5.74, 6) is 0.949. The second-order valence-electron chi connectivity index (χ2n) is 6.62. The van der Waals surface area contributed by atoms with Crippen molar-refractivity contribution in [2.45, 2.75) is 30.3 Å². The summed E-state index contributed by atoms with van der Waals surface area (Å²) in [5.41, 5.74) is 0.980. The van der Waals surface area contributed by atoms with Crippen molar-refractivity contribution in [2.75, 3.05) is 19.6 Å². The largest absolute Gasteiger partial charge is 0.488 e. The maximum Gasteiger partial charge on any atom is 0.270 e. The minimum absolute atomic E-state index is 0.0993. The Morgan fingerprint density at radius 3 is 2.68 bits per heavy atom. The highest BCUT2D eigenvalue weighted by molar-refractivity contribution is 7.89. The van der Waals surface area contributed by atoms with Crippen LogP contribution in [-0.2, 0) is 16.4 Å². The average molecular weight is 405 g/mol. The first kappa shape index (κ1) is 20.2. The van der Waals surface area contributed by atoms with Gasteiger partial charge in [0.25, 0.3) is 5.69 Å². The molecule has 9 heteroatoms. The number of non-ortho nitro benzene ring substituents is 1. The molecule has 0 radical (unpaired) electrons. The Balaban J connectivity index is 1.33. The number of para-hydroxylation sites is 1. The van der Waals surface area contributed by atoms with Gasteiger partial charge in [-0.25, -0.2) is 13.1 Å². The first-order chi connectivity index (χ1) is 13.5. The summed E-state index contributed by atoms with van der Waals surface area (Å²) in [6.07, 6.45) is 2.49. The standard InChI is InChI=1S/C19H23N3O5S/c23-22(24)16-7-5-8-18(13-16)28(25,26)21-11-4-3-10-20-14-17-12-15-6-1-2-9-19(15)27-17/h1-2,5-9,13,17,20-21H,3-4,10-12,14H2. The maximum atomic E-state index is 12.2. The minimum atomic E-state index is -3.75. The summed E-state index contributed by atoms with van der Waals surface area (Å²) in [4.78, 5) is 10.1. The molecule has 2 N–H and O–H groups in total. The molecule has 28 heavy (non-hydrogen) atoms. The third-order valence-electron chi connectivity index (χ3n) is 4.50. The van der Waals surface area contributed by atoms with Gasteiger partial charge in [0.1, 0.15) is 11.9 Å². The fourth-order valence-corrected chi connectivity index (χ4v) is 4.17. The van der Waals surface area contributed by atoms with Gasteiger partial charge in [-0.3, -0.25) is 10.1 Å². The van der Waals surface area contributed by atoms with Crippen molar-refractivity contribution in [3.63, 3.8) is 0 Å². The van der Waals surface area contributed by atoms with Crippen LogP contribution >= 0.6 is 0 Å². The number of sulfonamides is 1. The molecule has 1 atom stereocenters. The van der Waals surface area contributed by atoms with Crippen LogP contribution in [0.25, 0.3) is 0 Å². The highest BCUT2D eigenvalue weighted by atomic mass is 32.2. The smallest absolute Gasteiger partial charge is 0.270 e. The van der Waals surface area contributed by atoms with E-state index in [2.05, 4.69) is 16.1 Å². The molecule has 0 bridgehead atoms. The van der Waals surface area contributed by atoms with E-state index in [0.29, 0.717) is 6.42 Å². The molecule has 0 spiro atoms. The zero-order chi connectivity index (χ0) is 20.0. The van der Waals surface area contributed by atoms with Gasteiger partial charge >= 0.3 is 0 Å². The Kier molecular flexibility index (Phi) is 6.61. The van der Waals surface area contributed by atoms with Gasteiger partial charge in [0, 0.05) is 31.6 Å². The number of nitrogens with zero attached hydrogens (tertiary/aromatic N) is 1. The Morgan fingerprint density at radius 2 is 1.89 bits per heavy atom. The van der Waals surface area contributed by atoms with E-state index >= 15 is 0 Å². The molecule has 1 aliphatic heterocycles. The molecule has 2 aromatic carbocycles. The quantitative estimate of drug-likeness (QED) is 0.356. The summed E-state index contributed by atoms with van der Waals surface area (Å²) >= 11 is 0. The van der Waals surface area contributed by atoms with E-state index in [-0.39, 0.29) is 23.2 Å². The lowest BCUT2D eigenvalue weighted by molar-refractivity contribution is -0.385. The number of nitro benzene ring substituents is 1. The number of nitro groups is 1. The molecule has 3 rings (SSSR count). The molecule has 0 saturated heterocycles. The SMILES string of the molecule is O=[N+]([O-])c1cccc(S(=O)(=O)NCCCCNCC2Cc3ccccc3O2)c1. The van der Waals surface area contributed by atoms with Crippen molar-refractivity contribution in [3.05, 3.63) is 64.2 Å². The summed E-state index contributed by atoms with van der Waals surface area (Å²) in [7, 11) is -3.75. The molecule has 0 fully saturated rings. The number of hydrogen-bond donors (Lipinski definition) is 2. The number of ether oxygens (including phenoxy) is 1. The van der Waals surface area contributed by atoms with Crippen LogP contribution in [0.2, 0.25) is 0 Å². The zero-order valence-electron chi connectivity index (χ0n) is 15.3. The van der Waals surface area contributed by atoms with Crippen molar-refractivity contribution < 1.29 is 18.1 Å². The number of nitrogens with one attached hydrogen (secondary N) is 2. The predicted molar refractivity (Wildman–Crippen MR) is 105 cm³/mol. The molecule has 150 valence electrons. The Hall–Kier alpha value is -2.49. The van der Waals surface area contributed by atoms with Gasteiger partial charge in [0.2, 0.25) is 10.0 Å². The first-order valence-electron chi connectivity index (χ1n) is 9.15. The molecule has 1 unspecified atom stereocenters. The second kappa shape index (κ2) is 9.13. The summed E-state index contributed by atoms with van der Waals surface area (Å²) in [6.45, 7) is 1.78. The number of unbranched alkanes of at least 4 members (excludes halogenated alkanes) is 1. The van der Waals surface area contributed by atoms with Gasteiger partial charge in [-0.15, -0.1) is 0 Å². The number of benzene rings is 2. The van der Waals surface area contributed by atoms with E-state index in [0.717, 1.165) is 37.7 Å². The predicted octanol–water partition coefficient (Wildman–Crippen LogP) is 2.25. The fourth-order valence-electron chi connectivity index (χ4n) is 3.06. The lowest BCUT2D eigenvalue weighted by Crippen LogP contribution is -2.31. The van der Waals surface area contributed by atoms with Crippen LogP contribution in [0.3, 0.4) is 0 Å². The van der Waals surface area contributed by atoms with Gasteiger partial charge in [0.15, 0.2) is 0 Å². The van der Waals surface area contributed by atoms with Crippen LogP contribution in [0.5, 0.6) is 5.75 Å². The van der Waals surface area contributed by atoms with E-state index in [1.807, 2.05) is 18.2 Å². The topological polar surface area (TPSA) is 111 Å². The van der Waals surface area contributed by atoms with E-state index < -0.39 is 14.9 Å². The van der Waals surface area contributed by atoms with Crippen LogP contribution in [0.15, 0.2) is 53.4 Å². The Bertz CT molecular complexity index is 908.